The molecule has 128 valence electrons. The lowest BCUT2D eigenvalue weighted by atomic mass is 10.1. The fraction of sp³-hybridized carbons (Fsp3) is 0.500. The number of nitrogens with one attached hydrogen (secondary N) is 2. The third kappa shape index (κ3) is 4.12. The van der Waals surface area contributed by atoms with Crippen molar-refractivity contribution in [1.29, 1.82) is 0 Å². The predicted octanol–water partition coefficient (Wildman–Crippen LogP) is 0.929. The average Bonchev–Trinajstić information content (AvgIpc) is 2.74. The van der Waals surface area contributed by atoms with Gasteiger partial charge in [-0.2, -0.15) is 13.2 Å². The van der Waals surface area contributed by atoms with Gasteiger partial charge < -0.3 is 26.0 Å². The van der Waals surface area contributed by atoms with Gasteiger partial charge in [-0.05, 0) is 30.7 Å². The number of aliphatic hydroxyl groups excluding tert-OH is 3. The average molecular weight is 334 g/mol. The Morgan fingerprint density at radius 3 is 2.26 bits per heavy atom. The number of amides is 2. The van der Waals surface area contributed by atoms with Crippen LogP contribution in [0.5, 0.6) is 0 Å². The molecular weight excluding hydrogens is 317 g/mol. The van der Waals surface area contributed by atoms with Crippen LogP contribution in [0.4, 0.5) is 23.7 Å². The van der Waals surface area contributed by atoms with Gasteiger partial charge in [0.2, 0.25) is 0 Å². The van der Waals surface area contributed by atoms with Crippen LogP contribution in [0.3, 0.4) is 0 Å². The van der Waals surface area contributed by atoms with Crippen molar-refractivity contribution < 1.29 is 33.3 Å². The summed E-state index contributed by atoms with van der Waals surface area (Å²) in [7, 11) is 0. The van der Waals surface area contributed by atoms with Gasteiger partial charge in [-0.15, -0.1) is 0 Å². The summed E-state index contributed by atoms with van der Waals surface area (Å²) in [6.45, 7) is -0.322. The Bertz CT molecular complexity index is 550. The zero-order valence-electron chi connectivity index (χ0n) is 11.9. The number of halogens is 3. The Hall–Kier alpha value is -1.84. The molecule has 0 bridgehead atoms. The molecule has 6 nitrogen and oxygen atoms in total. The predicted molar refractivity (Wildman–Crippen MR) is 74.6 cm³/mol. The van der Waals surface area contributed by atoms with E-state index in [0.717, 1.165) is 24.3 Å². The topological polar surface area (TPSA) is 102 Å². The Balaban J connectivity index is 1.93. The van der Waals surface area contributed by atoms with E-state index in [1.54, 1.807) is 0 Å². The van der Waals surface area contributed by atoms with E-state index in [1.165, 1.54) is 0 Å². The van der Waals surface area contributed by atoms with Crippen LogP contribution >= 0.6 is 0 Å². The van der Waals surface area contributed by atoms with Crippen LogP contribution in [0.2, 0.25) is 0 Å². The molecule has 0 heterocycles. The molecule has 1 aliphatic rings. The molecule has 0 saturated heterocycles. The minimum absolute atomic E-state index is 0.155. The van der Waals surface area contributed by atoms with Gasteiger partial charge in [0.05, 0.1) is 17.7 Å². The summed E-state index contributed by atoms with van der Waals surface area (Å²) in [5.74, 6) is -0.540. The summed E-state index contributed by atoms with van der Waals surface area (Å²) in [5.41, 5.74) is -0.675. The molecule has 2 amide bonds. The minimum atomic E-state index is -4.45. The van der Waals surface area contributed by atoms with Crippen molar-refractivity contribution in [3.8, 4) is 0 Å². The van der Waals surface area contributed by atoms with Crippen LogP contribution in [-0.2, 0) is 6.18 Å². The van der Waals surface area contributed by atoms with Crippen LogP contribution < -0.4 is 10.6 Å². The van der Waals surface area contributed by atoms with Gasteiger partial charge in [0.1, 0.15) is 6.10 Å². The second-order valence-corrected chi connectivity index (χ2v) is 5.44. The second-order valence-electron chi connectivity index (χ2n) is 5.44. The summed E-state index contributed by atoms with van der Waals surface area (Å²) < 4.78 is 37.3. The van der Waals surface area contributed by atoms with Crippen LogP contribution in [0, 0.1) is 5.92 Å². The Labute approximate surface area is 129 Å². The smallest absolute Gasteiger partial charge is 0.396 e. The number of hydrogen-bond acceptors (Lipinski definition) is 4. The molecule has 4 unspecified atom stereocenters. The first-order valence-corrected chi connectivity index (χ1v) is 6.94. The molecule has 1 aromatic carbocycles. The largest absolute Gasteiger partial charge is 0.416 e. The standard InChI is InChI=1S/C14H17F3N2O4/c15-14(16,17)8-1-3-9(4-2-8)18-13(23)19-10-5-7(6-20)11(21)12(10)22/h1-4,7,10-12,20-22H,5-6H2,(H2,18,19,23). The van der Waals surface area contributed by atoms with Crippen molar-refractivity contribution >= 4 is 11.7 Å². The molecule has 4 atom stereocenters. The van der Waals surface area contributed by atoms with E-state index in [0.29, 0.717) is 0 Å². The minimum Gasteiger partial charge on any atom is -0.396 e. The van der Waals surface area contributed by atoms with Gasteiger partial charge in [-0.25, -0.2) is 4.79 Å². The van der Waals surface area contributed by atoms with Crippen molar-refractivity contribution in [2.75, 3.05) is 11.9 Å². The highest BCUT2D eigenvalue weighted by Gasteiger charge is 2.41. The molecule has 1 fully saturated rings. The first kappa shape index (κ1) is 17.5. The quantitative estimate of drug-likeness (QED) is 0.567. The molecule has 1 aliphatic carbocycles. The molecular formula is C14H17F3N2O4. The van der Waals surface area contributed by atoms with Gasteiger partial charge in [-0.1, -0.05) is 0 Å². The van der Waals surface area contributed by atoms with Gasteiger partial charge in [-0.3, -0.25) is 0 Å². The molecule has 1 saturated carbocycles. The lowest BCUT2D eigenvalue weighted by Gasteiger charge is -2.18. The monoisotopic (exact) mass is 334 g/mol. The number of carbonyl (C=O) groups is 1. The summed E-state index contributed by atoms with van der Waals surface area (Å²) >= 11 is 0. The number of hydrogen-bond donors (Lipinski definition) is 5. The fourth-order valence-corrected chi connectivity index (χ4v) is 2.53. The third-order valence-electron chi connectivity index (χ3n) is 3.82. The first-order valence-electron chi connectivity index (χ1n) is 6.94. The highest BCUT2D eigenvalue weighted by atomic mass is 19.4. The first-order chi connectivity index (χ1) is 10.7. The molecule has 23 heavy (non-hydrogen) atoms. The van der Waals surface area contributed by atoms with E-state index in [1.807, 2.05) is 0 Å². The van der Waals surface area contributed by atoms with Crippen molar-refractivity contribution in [1.82, 2.24) is 5.32 Å². The lowest BCUT2D eigenvalue weighted by molar-refractivity contribution is -0.137. The normalized spacial score (nSPS) is 27.7. The van der Waals surface area contributed by atoms with Gasteiger partial charge in [0.25, 0.3) is 0 Å². The molecule has 0 aliphatic heterocycles. The van der Waals surface area contributed by atoms with Gasteiger partial charge in [0.15, 0.2) is 0 Å². The molecule has 0 spiro atoms. The van der Waals surface area contributed by atoms with Crippen LogP contribution in [0.25, 0.3) is 0 Å². The number of alkyl halides is 3. The van der Waals surface area contributed by atoms with E-state index in [-0.39, 0.29) is 18.7 Å². The highest BCUT2D eigenvalue weighted by Crippen LogP contribution is 2.30. The molecule has 5 N–H and O–H groups in total. The van der Waals surface area contributed by atoms with Crippen molar-refractivity contribution in [2.24, 2.45) is 5.92 Å². The maximum absolute atomic E-state index is 12.4. The molecule has 1 aromatic rings. The van der Waals surface area contributed by atoms with E-state index in [2.05, 4.69) is 10.6 Å². The Kier molecular flexibility index (Phi) is 5.12. The number of carbonyl (C=O) groups excluding carboxylic acids is 1. The molecule has 0 aromatic heterocycles. The van der Waals surface area contributed by atoms with Crippen molar-refractivity contribution in [3.63, 3.8) is 0 Å². The van der Waals surface area contributed by atoms with Crippen LogP contribution in [0.1, 0.15) is 12.0 Å². The molecule has 9 heteroatoms. The summed E-state index contributed by atoms with van der Waals surface area (Å²) in [6.07, 6.45) is -6.62. The number of aliphatic hydroxyl groups is 3. The zero-order chi connectivity index (χ0) is 17.2. The number of rotatable bonds is 3. The van der Waals surface area contributed by atoms with E-state index >= 15 is 0 Å². The van der Waals surface area contributed by atoms with E-state index in [4.69, 9.17) is 5.11 Å². The highest BCUT2D eigenvalue weighted by molar-refractivity contribution is 5.89. The SMILES string of the molecule is O=C(Nc1ccc(C(F)(F)F)cc1)NC1CC(CO)C(O)C1O. The van der Waals surface area contributed by atoms with Crippen LogP contribution in [0.15, 0.2) is 24.3 Å². The second kappa shape index (κ2) is 6.73. The zero-order valence-corrected chi connectivity index (χ0v) is 11.9. The third-order valence-corrected chi connectivity index (χ3v) is 3.82. The van der Waals surface area contributed by atoms with E-state index in [9.17, 15) is 28.2 Å². The number of urea groups is 1. The summed E-state index contributed by atoms with van der Waals surface area (Å²) in [5, 5.41) is 33.2. The Morgan fingerprint density at radius 1 is 1.17 bits per heavy atom. The number of anilines is 1. The Morgan fingerprint density at radius 2 is 1.78 bits per heavy atom. The maximum Gasteiger partial charge on any atom is 0.416 e. The lowest BCUT2D eigenvalue weighted by Crippen LogP contribution is -2.44. The maximum atomic E-state index is 12.4. The van der Waals surface area contributed by atoms with Crippen molar-refractivity contribution in [3.05, 3.63) is 29.8 Å². The van der Waals surface area contributed by atoms with Gasteiger partial charge >= 0.3 is 12.2 Å². The number of benzene rings is 1. The molecule has 2 rings (SSSR count). The van der Waals surface area contributed by atoms with Crippen molar-refractivity contribution in [2.45, 2.75) is 30.8 Å². The summed E-state index contributed by atoms with van der Waals surface area (Å²) in [6, 6.07) is 2.42. The molecule has 0 radical (unpaired) electrons. The summed E-state index contributed by atoms with van der Waals surface area (Å²) in [4.78, 5) is 11.8. The fourth-order valence-electron chi connectivity index (χ4n) is 2.53. The van der Waals surface area contributed by atoms with Crippen LogP contribution in [-0.4, -0.2) is 46.2 Å². The van der Waals surface area contributed by atoms with Gasteiger partial charge in [0, 0.05) is 18.2 Å². The van der Waals surface area contributed by atoms with E-state index < -0.39 is 41.9 Å².